The van der Waals surface area contributed by atoms with Crippen molar-refractivity contribution in [1.82, 2.24) is 9.88 Å². The van der Waals surface area contributed by atoms with Gasteiger partial charge >= 0.3 is 0 Å². The first kappa shape index (κ1) is 20.6. The van der Waals surface area contributed by atoms with E-state index in [1.165, 1.54) is 10.9 Å². The molecule has 3 aromatic carbocycles. The number of rotatable bonds is 3. The van der Waals surface area contributed by atoms with Gasteiger partial charge in [0.05, 0.1) is 12.5 Å². The van der Waals surface area contributed by atoms with Crippen LogP contribution in [0.2, 0.25) is 0 Å². The van der Waals surface area contributed by atoms with Gasteiger partial charge in [0.15, 0.2) is 5.78 Å². The Morgan fingerprint density at radius 2 is 1.68 bits per heavy atom. The number of H-pyrrole nitrogens is 1. The quantitative estimate of drug-likeness (QED) is 0.475. The second kappa shape index (κ2) is 8.10. The van der Waals surface area contributed by atoms with Crippen molar-refractivity contribution in [3.05, 3.63) is 107 Å². The number of ketones is 1. The van der Waals surface area contributed by atoms with Crippen LogP contribution in [0.25, 0.3) is 10.9 Å². The molecule has 0 radical (unpaired) electrons. The number of carbonyl (C=O) groups excluding carboxylic acids is 2. The van der Waals surface area contributed by atoms with E-state index in [2.05, 4.69) is 40.3 Å². The lowest BCUT2D eigenvalue weighted by Crippen LogP contribution is -2.43. The first-order chi connectivity index (χ1) is 16.6. The summed E-state index contributed by atoms with van der Waals surface area (Å²) in [6, 6.07) is 25.0. The van der Waals surface area contributed by atoms with Gasteiger partial charge in [-0.2, -0.15) is 0 Å². The topological polar surface area (TPSA) is 65.5 Å². The van der Waals surface area contributed by atoms with Gasteiger partial charge in [0.1, 0.15) is 6.04 Å². The van der Waals surface area contributed by atoms with Crippen LogP contribution in [-0.2, 0) is 11.2 Å². The smallest absolute Gasteiger partial charge is 0.226 e. The normalized spacial score (nSPS) is 19.5. The largest absolute Gasteiger partial charge is 0.356 e. The van der Waals surface area contributed by atoms with Gasteiger partial charge in [-0.25, -0.2) is 0 Å². The highest BCUT2D eigenvalue weighted by Crippen LogP contribution is 2.39. The summed E-state index contributed by atoms with van der Waals surface area (Å²) in [6.07, 6.45) is 0.849. The maximum absolute atomic E-state index is 13.7. The van der Waals surface area contributed by atoms with Gasteiger partial charge in [-0.3, -0.25) is 14.6 Å². The zero-order valence-corrected chi connectivity index (χ0v) is 19.0. The van der Waals surface area contributed by atoms with Crippen LogP contribution in [0.4, 0.5) is 0 Å². The van der Waals surface area contributed by atoms with Crippen molar-refractivity contribution in [2.45, 2.75) is 31.8 Å². The number of Topliss-reactive ketones (excluding diaryl/α,β-unsaturated/α-hetero) is 1. The Labute approximate surface area is 198 Å². The number of hydrogen-bond donors (Lipinski definition) is 1. The summed E-state index contributed by atoms with van der Waals surface area (Å²) in [4.78, 5) is 37.0. The van der Waals surface area contributed by atoms with E-state index in [4.69, 9.17) is 0 Å². The summed E-state index contributed by atoms with van der Waals surface area (Å²) < 4.78 is 0. The van der Waals surface area contributed by atoms with Gasteiger partial charge in [-0.05, 0) is 30.5 Å². The zero-order valence-electron chi connectivity index (χ0n) is 19.0. The van der Waals surface area contributed by atoms with E-state index in [9.17, 15) is 9.59 Å². The number of carbonyl (C=O) groups is 2. The molecular weight excluding hydrogens is 422 g/mol. The van der Waals surface area contributed by atoms with Crippen molar-refractivity contribution >= 4 is 28.3 Å². The second-order valence-corrected chi connectivity index (χ2v) is 9.06. The van der Waals surface area contributed by atoms with Gasteiger partial charge in [0, 0.05) is 40.0 Å². The molecule has 0 saturated carbocycles. The average molecular weight is 448 g/mol. The van der Waals surface area contributed by atoms with Crippen LogP contribution in [0.15, 0.2) is 83.9 Å². The molecule has 168 valence electrons. The number of aliphatic imine (C=N–C) groups is 1. The molecule has 0 spiro atoms. The average Bonchev–Trinajstić information content (AvgIpc) is 3.26. The maximum Gasteiger partial charge on any atom is 0.226 e. The first-order valence-electron chi connectivity index (χ1n) is 11.7. The molecule has 0 saturated heterocycles. The van der Waals surface area contributed by atoms with Gasteiger partial charge in [-0.1, -0.05) is 72.8 Å². The van der Waals surface area contributed by atoms with Crippen LogP contribution in [0.1, 0.15) is 52.1 Å². The molecule has 2 atom stereocenters. The molecule has 5 nitrogen and oxygen atoms in total. The first-order valence-corrected chi connectivity index (χ1v) is 11.7. The second-order valence-electron chi connectivity index (χ2n) is 9.06. The van der Waals surface area contributed by atoms with E-state index < -0.39 is 6.04 Å². The molecule has 0 bridgehead atoms. The van der Waals surface area contributed by atoms with Crippen molar-refractivity contribution in [3.8, 4) is 0 Å². The Bertz CT molecular complexity index is 1450. The number of para-hydroxylation sites is 1. The minimum absolute atomic E-state index is 0.0487. The van der Waals surface area contributed by atoms with Gasteiger partial charge in [0.2, 0.25) is 5.91 Å². The monoisotopic (exact) mass is 447 g/mol. The van der Waals surface area contributed by atoms with E-state index in [0.717, 1.165) is 34.5 Å². The number of hydrogen-bond acceptors (Lipinski definition) is 3. The maximum atomic E-state index is 13.7. The van der Waals surface area contributed by atoms with Crippen LogP contribution >= 0.6 is 0 Å². The zero-order chi connectivity index (χ0) is 23.2. The Morgan fingerprint density at radius 3 is 2.50 bits per heavy atom. The highest BCUT2D eigenvalue weighted by Gasteiger charge is 2.37. The summed E-state index contributed by atoms with van der Waals surface area (Å²) in [7, 11) is 0. The highest BCUT2D eigenvalue weighted by molar-refractivity contribution is 6.16. The Hall–Kier alpha value is -3.99. The summed E-state index contributed by atoms with van der Waals surface area (Å²) in [6.45, 7) is 2.51. The molecular formula is C29H25N3O2. The summed E-state index contributed by atoms with van der Waals surface area (Å²) in [5.74, 6) is -0.124. The molecule has 34 heavy (non-hydrogen) atoms. The van der Waals surface area contributed by atoms with E-state index in [0.29, 0.717) is 12.1 Å². The van der Waals surface area contributed by atoms with E-state index in [1.54, 1.807) is 0 Å². The number of amides is 1. The number of nitrogens with one attached hydrogen (secondary N) is 1. The number of fused-ring (bicyclic) bond motifs is 4. The minimum Gasteiger partial charge on any atom is -0.356 e. The van der Waals surface area contributed by atoms with Gasteiger partial charge < -0.3 is 9.88 Å². The lowest BCUT2D eigenvalue weighted by molar-refractivity contribution is -0.133. The third kappa shape index (κ3) is 3.27. The molecule has 1 aromatic heterocycles. The highest BCUT2D eigenvalue weighted by atomic mass is 16.2. The van der Waals surface area contributed by atoms with Gasteiger partial charge in [-0.15, -0.1) is 0 Å². The predicted molar refractivity (Wildman–Crippen MR) is 133 cm³/mol. The molecule has 6 rings (SSSR count). The van der Waals surface area contributed by atoms with E-state index in [1.807, 2.05) is 60.4 Å². The van der Waals surface area contributed by atoms with E-state index >= 15 is 0 Å². The molecule has 2 aliphatic rings. The molecule has 0 aliphatic carbocycles. The van der Waals surface area contributed by atoms with E-state index in [-0.39, 0.29) is 24.2 Å². The third-order valence-electron chi connectivity index (χ3n) is 7.07. The SMILES string of the molecule is CC1=NC(CC(=O)N2CCc3c([nH]c4ccccc34)[C@H]2c2ccccc2)C(=O)c2ccccc21. The molecule has 5 heteroatoms. The van der Waals surface area contributed by atoms with Crippen LogP contribution in [0, 0.1) is 0 Å². The van der Waals surface area contributed by atoms with Gasteiger partial charge in [0.25, 0.3) is 0 Å². The molecule has 2 aliphatic heterocycles. The van der Waals surface area contributed by atoms with Crippen molar-refractivity contribution in [3.63, 3.8) is 0 Å². The Kier molecular flexibility index (Phi) is 4.91. The third-order valence-corrected chi connectivity index (χ3v) is 7.07. The number of benzene rings is 3. The fourth-order valence-corrected chi connectivity index (χ4v) is 5.47. The van der Waals surface area contributed by atoms with Crippen LogP contribution < -0.4 is 0 Å². The van der Waals surface area contributed by atoms with Crippen LogP contribution in [0.3, 0.4) is 0 Å². The fraction of sp³-hybridized carbons (Fsp3) is 0.207. The van der Waals surface area contributed by atoms with Crippen LogP contribution in [0.5, 0.6) is 0 Å². The summed E-state index contributed by atoms with van der Waals surface area (Å²) in [5.41, 5.74) is 6.80. The fourth-order valence-electron chi connectivity index (χ4n) is 5.47. The molecule has 0 fully saturated rings. The molecule has 1 amide bonds. The van der Waals surface area contributed by atoms with Crippen molar-refractivity contribution < 1.29 is 9.59 Å². The van der Waals surface area contributed by atoms with Crippen molar-refractivity contribution in [1.29, 1.82) is 0 Å². The van der Waals surface area contributed by atoms with Crippen LogP contribution in [-0.4, -0.2) is 39.9 Å². The number of aromatic amines is 1. The van der Waals surface area contributed by atoms with Crippen molar-refractivity contribution in [2.75, 3.05) is 6.54 Å². The Morgan fingerprint density at radius 1 is 0.971 bits per heavy atom. The molecule has 1 N–H and O–H groups in total. The molecule has 3 heterocycles. The number of nitrogens with zero attached hydrogens (tertiary/aromatic N) is 2. The minimum atomic E-state index is -0.678. The van der Waals surface area contributed by atoms with Crippen molar-refractivity contribution in [2.24, 2.45) is 4.99 Å². The lowest BCUT2D eigenvalue weighted by atomic mass is 9.89. The molecule has 4 aromatic rings. The number of aromatic nitrogens is 1. The Balaban J connectivity index is 1.37. The summed E-state index contributed by atoms with van der Waals surface area (Å²) in [5, 5.41) is 1.21. The predicted octanol–water partition coefficient (Wildman–Crippen LogP) is 5.11. The molecule has 1 unspecified atom stereocenters. The standard InChI is InChI=1S/C29H25N3O2/c1-18-20-11-5-6-13-23(20)29(34)25(30-18)17-26(33)32-16-15-22-21-12-7-8-14-24(21)31-27(22)28(32)19-9-3-2-4-10-19/h2-14,25,28,31H,15-17H2,1H3/t25?,28-/m1/s1. The summed E-state index contributed by atoms with van der Waals surface area (Å²) >= 11 is 0. The lowest BCUT2D eigenvalue weighted by Gasteiger charge is -2.37.